The summed E-state index contributed by atoms with van der Waals surface area (Å²) in [5.74, 6) is -0.815. The molecule has 1 N–H and O–H groups in total. The van der Waals surface area contributed by atoms with Crippen LogP contribution in [-0.2, 0) is 10.0 Å². The molecule has 1 heterocycles. The number of benzene rings is 1. The zero-order chi connectivity index (χ0) is 15.8. The number of nitrogens with zero attached hydrogens (tertiary/aromatic N) is 1. The molecule has 0 saturated carbocycles. The van der Waals surface area contributed by atoms with E-state index in [0.29, 0.717) is 29.0 Å². The molecule has 0 aliphatic carbocycles. The third-order valence-electron chi connectivity index (χ3n) is 3.71. The van der Waals surface area contributed by atoms with E-state index in [1.165, 1.54) is 16.4 Å². The molecule has 1 atom stereocenters. The minimum Gasteiger partial charge on any atom is -0.478 e. The maximum absolute atomic E-state index is 12.8. The summed E-state index contributed by atoms with van der Waals surface area (Å²) in [5.41, 5.74) is 0.581. The van der Waals surface area contributed by atoms with Crippen molar-refractivity contribution in [2.75, 3.05) is 13.1 Å². The average Bonchev–Trinajstić information content (AvgIpc) is 2.41. The van der Waals surface area contributed by atoms with Gasteiger partial charge >= 0.3 is 5.97 Å². The average molecular weight is 376 g/mol. The van der Waals surface area contributed by atoms with Crippen LogP contribution in [0.5, 0.6) is 0 Å². The van der Waals surface area contributed by atoms with Gasteiger partial charge in [-0.1, -0.05) is 6.92 Å². The molecule has 1 saturated heterocycles. The SMILES string of the molecule is Cc1cc(C(=O)O)cc(S(=O)(=O)N2CCCC(C)C2)c1Br. The Morgan fingerprint density at radius 3 is 2.67 bits per heavy atom. The van der Waals surface area contributed by atoms with Crippen LogP contribution in [-0.4, -0.2) is 36.9 Å². The lowest BCUT2D eigenvalue weighted by molar-refractivity contribution is 0.0696. The molecule has 0 bridgehead atoms. The van der Waals surface area contributed by atoms with Crippen molar-refractivity contribution in [1.29, 1.82) is 0 Å². The van der Waals surface area contributed by atoms with Gasteiger partial charge in [0.1, 0.15) is 0 Å². The quantitative estimate of drug-likeness (QED) is 0.880. The largest absolute Gasteiger partial charge is 0.478 e. The van der Waals surface area contributed by atoms with Crippen molar-refractivity contribution in [1.82, 2.24) is 4.31 Å². The van der Waals surface area contributed by atoms with E-state index in [4.69, 9.17) is 5.11 Å². The highest BCUT2D eigenvalue weighted by Crippen LogP contribution is 2.31. The monoisotopic (exact) mass is 375 g/mol. The summed E-state index contributed by atoms with van der Waals surface area (Å²) in [7, 11) is -3.68. The topological polar surface area (TPSA) is 74.7 Å². The number of hydrogen-bond donors (Lipinski definition) is 1. The van der Waals surface area contributed by atoms with Gasteiger partial charge in [0.15, 0.2) is 0 Å². The lowest BCUT2D eigenvalue weighted by Gasteiger charge is -2.30. The fourth-order valence-electron chi connectivity index (χ4n) is 2.55. The number of aromatic carboxylic acids is 1. The van der Waals surface area contributed by atoms with Gasteiger partial charge in [0.25, 0.3) is 0 Å². The minimum absolute atomic E-state index is 0.0145. The van der Waals surface area contributed by atoms with E-state index >= 15 is 0 Å². The van der Waals surface area contributed by atoms with Crippen LogP contribution < -0.4 is 0 Å². The smallest absolute Gasteiger partial charge is 0.335 e. The van der Waals surface area contributed by atoms with Crippen LogP contribution in [0.15, 0.2) is 21.5 Å². The summed E-state index contributed by atoms with van der Waals surface area (Å²) < 4.78 is 27.5. The molecule has 0 aromatic heterocycles. The van der Waals surface area contributed by atoms with E-state index in [9.17, 15) is 13.2 Å². The van der Waals surface area contributed by atoms with Crippen LogP contribution in [0.25, 0.3) is 0 Å². The van der Waals surface area contributed by atoms with Gasteiger partial charge in [0.05, 0.1) is 10.5 Å². The molecule has 1 aromatic rings. The summed E-state index contributed by atoms with van der Waals surface area (Å²) in [6.07, 6.45) is 1.84. The Morgan fingerprint density at radius 1 is 1.43 bits per heavy atom. The van der Waals surface area contributed by atoms with E-state index in [1.54, 1.807) is 6.92 Å². The number of carbonyl (C=O) groups is 1. The molecule has 1 unspecified atom stereocenters. The normalized spacial score (nSPS) is 20.4. The molecule has 5 nitrogen and oxygen atoms in total. The van der Waals surface area contributed by atoms with Gasteiger partial charge in [-0.2, -0.15) is 4.31 Å². The number of piperidine rings is 1. The van der Waals surface area contributed by atoms with Gasteiger partial charge < -0.3 is 5.11 Å². The number of halogens is 1. The van der Waals surface area contributed by atoms with Crippen molar-refractivity contribution in [3.63, 3.8) is 0 Å². The lowest BCUT2D eigenvalue weighted by atomic mass is 10.0. The predicted molar refractivity (Wildman–Crippen MR) is 83.0 cm³/mol. The molecule has 0 amide bonds. The Balaban J connectivity index is 2.51. The van der Waals surface area contributed by atoms with Gasteiger partial charge in [-0.05, 0) is 59.3 Å². The number of aryl methyl sites for hydroxylation is 1. The molecule has 7 heteroatoms. The van der Waals surface area contributed by atoms with Crippen molar-refractivity contribution in [2.45, 2.75) is 31.6 Å². The highest BCUT2D eigenvalue weighted by Gasteiger charge is 2.31. The molecule has 1 fully saturated rings. The van der Waals surface area contributed by atoms with Crippen LogP contribution in [0.4, 0.5) is 0 Å². The third-order valence-corrected chi connectivity index (χ3v) is 6.91. The number of sulfonamides is 1. The van der Waals surface area contributed by atoms with E-state index < -0.39 is 16.0 Å². The van der Waals surface area contributed by atoms with Gasteiger partial charge in [0.2, 0.25) is 10.0 Å². The molecular weight excluding hydrogens is 358 g/mol. The number of carboxylic acid groups (broad SMARTS) is 1. The van der Waals surface area contributed by atoms with Gasteiger partial charge in [-0.15, -0.1) is 0 Å². The first-order valence-corrected chi connectivity index (χ1v) is 9.00. The summed E-state index contributed by atoms with van der Waals surface area (Å²) in [5, 5.41) is 9.12. The Labute approximate surface area is 133 Å². The Morgan fingerprint density at radius 2 is 2.10 bits per heavy atom. The standard InChI is InChI=1S/C14H18BrNO4S/c1-9-4-3-5-16(8-9)21(19,20)12-7-11(14(17)18)6-10(2)13(12)15/h6-7,9H,3-5,8H2,1-2H3,(H,17,18). The maximum atomic E-state index is 12.8. The first-order chi connectivity index (χ1) is 9.73. The van der Waals surface area contributed by atoms with Gasteiger partial charge in [0, 0.05) is 17.6 Å². The first kappa shape index (κ1) is 16.5. The Kier molecular flexibility index (Phi) is 4.75. The predicted octanol–water partition coefficient (Wildman–Crippen LogP) is 2.88. The number of carboxylic acids is 1. The zero-order valence-electron chi connectivity index (χ0n) is 12.0. The van der Waals surface area contributed by atoms with E-state index in [1.807, 2.05) is 6.92 Å². The first-order valence-electron chi connectivity index (χ1n) is 6.77. The summed E-state index contributed by atoms with van der Waals surface area (Å²) in [6.45, 7) is 4.67. The Hall–Kier alpha value is -0.920. The number of rotatable bonds is 3. The van der Waals surface area contributed by atoms with E-state index in [2.05, 4.69) is 15.9 Å². The van der Waals surface area contributed by atoms with Crippen LogP contribution in [0.3, 0.4) is 0 Å². The summed E-state index contributed by atoms with van der Waals surface area (Å²) in [4.78, 5) is 11.2. The second-order valence-electron chi connectivity index (χ2n) is 5.52. The van der Waals surface area contributed by atoms with Crippen molar-refractivity contribution in [2.24, 2.45) is 5.92 Å². The molecule has 1 aliphatic rings. The zero-order valence-corrected chi connectivity index (χ0v) is 14.4. The second kappa shape index (κ2) is 6.06. The molecule has 1 aliphatic heterocycles. The third kappa shape index (κ3) is 3.30. The van der Waals surface area contributed by atoms with Crippen molar-refractivity contribution >= 4 is 31.9 Å². The summed E-state index contributed by atoms with van der Waals surface area (Å²) in [6, 6.07) is 2.69. The van der Waals surface area contributed by atoms with Crippen LogP contribution in [0.1, 0.15) is 35.7 Å². The molecule has 21 heavy (non-hydrogen) atoms. The highest BCUT2D eigenvalue weighted by molar-refractivity contribution is 9.10. The Bertz CT molecular complexity index is 672. The van der Waals surface area contributed by atoms with E-state index in [0.717, 1.165) is 12.8 Å². The van der Waals surface area contributed by atoms with Crippen molar-refractivity contribution in [3.8, 4) is 0 Å². The highest BCUT2D eigenvalue weighted by atomic mass is 79.9. The fourth-order valence-corrected chi connectivity index (χ4v) is 5.16. The molecule has 1 aromatic carbocycles. The lowest BCUT2D eigenvalue weighted by Crippen LogP contribution is -2.39. The number of hydrogen-bond acceptors (Lipinski definition) is 3. The van der Waals surface area contributed by atoms with Crippen LogP contribution in [0.2, 0.25) is 0 Å². The van der Waals surface area contributed by atoms with Crippen LogP contribution in [0, 0.1) is 12.8 Å². The summed E-state index contributed by atoms with van der Waals surface area (Å²) >= 11 is 3.28. The fraction of sp³-hybridized carbons (Fsp3) is 0.500. The van der Waals surface area contributed by atoms with Crippen LogP contribution >= 0.6 is 15.9 Å². The molecule has 0 spiro atoms. The molecule has 116 valence electrons. The van der Waals surface area contributed by atoms with Crippen molar-refractivity contribution < 1.29 is 18.3 Å². The van der Waals surface area contributed by atoms with Gasteiger partial charge in [-0.3, -0.25) is 0 Å². The van der Waals surface area contributed by atoms with E-state index in [-0.39, 0.29) is 10.5 Å². The van der Waals surface area contributed by atoms with Gasteiger partial charge in [-0.25, -0.2) is 13.2 Å². The maximum Gasteiger partial charge on any atom is 0.335 e. The molecule has 2 rings (SSSR count). The minimum atomic E-state index is -3.68. The molecular formula is C14H18BrNO4S. The van der Waals surface area contributed by atoms with Crippen molar-refractivity contribution in [3.05, 3.63) is 27.7 Å². The molecule has 0 radical (unpaired) electrons. The second-order valence-corrected chi connectivity index (χ2v) is 8.22.